The van der Waals surface area contributed by atoms with Gasteiger partial charge in [0, 0.05) is 40.5 Å². The number of nitrogens with one attached hydrogen (secondary N) is 1. The maximum absolute atomic E-state index is 5.26. The molecule has 3 aromatic heterocycles. The fourth-order valence-electron chi connectivity index (χ4n) is 3.51. The van der Waals surface area contributed by atoms with Gasteiger partial charge in [-0.05, 0) is 49.1 Å². The van der Waals surface area contributed by atoms with Crippen LogP contribution >= 0.6 is 11.9 Å². The number of hydrogen-bond acceptors (Lipinski definition) is 8. The number of aromatic amines is 1. The van der Waals surface area contributed by atoms with Crippen molar-refractivity contribution in [2.24, 2.45) is 4.99 Å². The van der Waals surface area contributed by atoms with E-state index in [1.165, 1.54) is 24.9 Å². The monoisotopic (exact) mass is 418 g/mol. The van der Waals surface area contributed by atoms with Crippen molar-refractivity contribution < 1.29 is 4.42 Å². The van der Waals surface area contributed by atoms with E-state index in [1.54, 1.807) is 11.9 Å². The number of aliphatic imine (C=N–C) groups is 1. The minimum atomic E-state index is 0.519. The van der Waals surface area contributed by atoms with E-state index in [9.17, 15) is 0 Å². The molecule has 9 nitrogen and oxygen atoms in total. The van der Waals surface area contributed by atoms with Gasteiger partial charge in [0.05, 0.1) is 13.1 Å². The Morgan fingerprint density at radius 1 is 1.17 bits per heavy atom. The largest absolute Gasteiger partial charge is 0.423 e. The summed E-state index contributed by atoms with van der Waals surface area (Å²) in [6.07, 6.45) is 7.59. The van der Waals surface area contributed by atoms with Gasteiger partial charge in [0.15, 0.2) is 5.82 Å². The third-order valence-electron chi connectivity index (χ3n) is 5.17. The second-order valence-electron chi connectivity index (χ2n) is 7.35. The molecular weight excluding hydrogens is 400 g/mol. The van der Waals surface area contributed by atoms with E-state index in [-0.39, 0.29) is 0 Å². The van der Waals surface area contributed by atoms with Crippen molar-refractivity contribution in [3.05, 3.63) is 60.6 Å². The lowest BCUT2D eigenvalue weighted by atomic mass is 10.2. The van der Waals surface area contributed by atoms with E-state index in [0.29, 0.717) is 18.4 Å². The molecule has 0 bridgehead atoms. The fourth-order valence-corrected chi connectivity index (χ4v) is 4.43. The first-order valence-electron chi connectivity index (χ1n) is 9.77. The van der Waals surface area contributed by atoms with Crippen molar-refractivity contribution in [2.45, 2.75) is 30.2 Å². The molecule has 1 fully saturated rings. The van der Waals surface area contributed by atoms with Gasteiger partial charge in [-0.1, -0.05) is 0 Å². The van der Waals surface area contributed by atoms with E-state index in [1.807, 2.05) is 24.5 Å². The molecule has 1 N–H and O–H groups in total. The number of H-pyrrole nitrogens is 1. The Morgan fingerprint density at radius 2 is 2.07 bits per heavy atom. The molecule has 0 atom stereocenters. The molecule has 4 heterocycles. The van der Waals surface area contributed by atoms with Gasteiger partial charge in [-0.15, -0.1) is 10.2 Å². The SMILES string of the molecule is c1cn2c(n1)CN(Sc1ccc(-c3nnco3)cc1)CC2=Nc1cc(C2CC2)[nH]n1. The summed E-state index contributed by atoms with van der Waals surface area (Å²) in [7, 11) is 0. The maximum Gasteiger partial charge on any atom is 0.247 e. The van der Waals surface area contributed by atoms with Crippen LogP contribution in [0.1, 0.15) is 30.3 Å². The lowest BCUT2D eigenvalue weighted by Gasteiger charge is -2.27. The van der Waals surface area contributed by atoms with Crippen molar-refractivity contribution in [2.75, 3.05) is 6.54 Å². The predicted octanol–water partition coefficient (Wildman–Crippen LogP) is 3.63. The third-order valence-corrected chi connectivity index (χ3v) is 6.17. The summed E-state index contributed by atoms with van der Waals surface area (Å²) in [4.78, 5) is 10.4. The van der Waals surface area contributed by atoms with E-state index in [2.05, 4.69) is 52.5 Å². The molecule has 0 spiro atoms. The predicted molar refractivity (Wildman–Crippen MR) is 111 cm³/mol. The van der Waals surface area contributed by atoms with Crippen molar-refractivity contribution in [3.63, 3.8) is 0 Å². The smallest absolute Gasteiger partial charge is 0.247 e. The van der Waals surface area contributed by atoms with Gasteiger partial charge in [-0.2, -0.15) is 5.10 Å². The number of nitrogens with zero attached hydrogens (tertiary/aromatic N) is 7. The molecule has 2 aliphatic rings. The first kappa shape index (κ1) is 17.6. The second kappa shape index (κ2) is 7.22. The highest BCUT2D eigenvalue weighted by molar-refractivity contribution is 7.97. The number of imidazole rings is 1. The third kappa shape index (κ3) is 3.44. The molecule has 6 rings (SSSR count). The van der Waals surface area contributed by atoms with Crippen LogP contribution in [-0.2, 0) is 6.54 Å². The highest BCUT2D eigenvalue weighted by Crippen LogP contribution is 2.40. The van der Waals surface area contributed by atoms with Crippen LogP contribution in [0.25, 0.3) is 11.5 Å². The summed E-state index contributed by atoms with van der Waals surface area (Å²) in [6.45, 7) is 1.42. The van der Waals surface area contributed by atoms with Crippen molar-refractivity contribution >= 4 is 23.6 Å². The zero-order valence-electron chi connectivity index (χ0n) is 16.0. The quantitative estimate of drug-likeness (QED) is 0.494. The molecule has 0 radical (unpaired) electrons. The van der Waals surface area contributed by atoms with E-state index >= 15 is 0 Å². The standard InChI is InChI=1S/C20H18N8OS/c1-2-13(1)16-9-17(25-24-16)23-19-11-27(10-18-21-7-8-28(18)19)30-15-5-3-14(4-6-15)20-26-22-12-29-20/h3-9,12-13H,1-2,10-11H2,(H,24,25). The van der Waals surface area contributed by atoms with Gasteiger partial charge in [0.2, 0.25) is 12.3 Å². The molecule has 0 saturated heterocycles. The Balaban J connectivity index is 1.22. The zero-order chi connectivity index (χ0) is 19.9. The van der Waals surface area contributed by atoms with Crippen LogP contribution in [0, 0.1) is 0 Å². The molecule has 1 aromatic carbocycles. The Labute approximate surface area is 176 Å². The Morgan fingerprint density at radius 3 is 2.87 bits per heavy atom. The molecule has 4 aromatic rings. The highest BCUT2D eigenvalue weighted by atomic mass is 32.2. The maximum atomic E-state index is 5.26. The zero-order valence-corrected chi connectivity index (χ0v) is 16.8. The van der Waals surface area contributed by atoms with Crippen LogP contribution in [0.3, 0.4) is 0 Å². The van der Waals surface area contributed by atoms with Crippen LogP contribution in [0.15, 0.2) is 63.4 Å². The first-order chi connectivity index (χ1) is 14.8. The number of fused-ring (bicyclic) bond motifs is 1. The van der Waals surface area contributed by atoms with Crippen LogP contribution in [0.5, 0.6) is 0 Å². The topological polar surface area (TPSA) is 101 Å². The minimum Gasteiger partial charge on any atom is -0.423 e. The van der Waals surface area contributed by atoms with Gasteiger partial charge >= 0.3 is 0 Å². The molecule has 150 valence electrons. The first-order valence-corrected chi connectivity index (χ1v) is 10.5. The molecule has 1 aliphatic heterocycles. The van der Waals surface area contributed by atoms with Crippen LogP contribution in [0.4, 0.5) is 5.82 Å². The number of rotatable bonds is 5. The average Bonchev–Trinajstić information content (AvgIpc) is 3.16. The molecule has 0 amide bonds. The molecule has 1 saturated carbocycles. The number of benzene rings is 1. The Hall–Kier alpha value is -3.24. The lowest BCUT2D eigenvalue weighted by Crippen LogP contribution is -2.35. The van der Waals surface area contributed by atoms with Gasteiger partial charge in [0.25, 0.3) is 0 Å². The van der Waals surface area contributed by atoms with Gasteiger partial charge < -0.3 is 4.42 Å². The summed E-state index contributed by atoms with van der Waals surface area (Å²) >= 11 is 1.68. The molecule has 1 aliphatic carbocycles. The fraction of sp³-hybridized carbons (Fsp3) is 0.250. The number of aromatic nitrogens is 6. The van der Waals surface area contributed by atoms with E-state index in [4.69, 9.17) is 9.41 Å². The van der Waals surface area contributed by atoms with E-state index in [0.717, 1.165) is 34.5 Å². The van der Waals surface area contributed by atoms with Crippen LogP contribution < -0.4 is 0 Å². The van der Waals surface area contributed by atoms with Gasteiger partial charge in [-0.25, -0.2) is 14.3 Å². The van der Waals surface area contributed by atoms with E-state index < -0.39 is 0 Å². The summed E-state index contributed by atoms with van der Waals surface area (Å²) < 4.78 is 9.56. The number of hydrogen-bond donors (Lipinski definition) is 1. The molecular formula is C20H18N8OS. The van der Waals surface area contributed by atoms with Crippen molar-refractivity contribution in [3.8, 4) is 11.5 Å². The summed E-state index contributed by atoms with van der Waals surface area (Å²) in [5.74, 6) is 3.75. The Kier molecular flexibility index (Phi) is 4.24. The normalized spacial score (nSPS) is 18.1. The second-order valence-corrected chi connectivity index (χ2v) is 8.53. The minimum absolute atomic E-state index is 0.519. The summed E-state index contributed by atoms with van der Waals surface area (Å²) in [5, 5.41) is 15.2. The van der Waals surface area contributed by atoms with Crippen LogP contribution in [0.2, 0.25) is 0 Å². The average molecular weight is 418 g/mol. The van der Waals surface area contributed by atoms with Gasteiger partial charge in [0.1, 0.15) is 11.7 Å². The van der Waals surface area contributed by atoms with Gasteiger partial charge in [-0.3, -0.25) is 9.67 Å². The molecule has 10 heteroatoms. The summed E-state index contributed by atoms with van der Waals surface area (Å²) in [5.41, 5.74) is 2.09. The van der Waals surface area contributed by atoms with Crippen molar-refractivity contribution in [1.82, 2.24) is 34.3 Å². The molecule has 30 heavy (non-hydrogen) atoms. The summed E-state index contributed by atoms with van der Waals surface area (Å²) in [6, 6.07) is 10.1. The molecule has 0 unspecified atom stereocenters. The Bertz CT molecular complexity index is 1190. The lowest BCUT2D eigenvalue weighted by molar-refractivity contribution is 0.479. The van der Waals surface area contributed by atoms with Crippen molar-refractivity contribution in [1.29, 1.82) is 0 Å². The van der Waals surface area contributed by atoms with Crippen LogP contribution in [-0.4, -0.2) is 46.6 Å². The highest BCUT2D eigenvalue weighted by Gasteiger charge is 2.26.